The van der Waals surface area contributed by atoms with E-state index >= 15 is 0 Å². The van der Waals surface area contributed by atoms with Gasteiger partial charge in [-0.05, 0) is 51.8 Å². The number of halogens is 1. The second-order valence-electron chi connectivity index (χ2n) is 6.51. The van der Waals surface area contributed by atoms with Gasteiger partial charge in [-0.15, -0.1) is 0 Å². The maximum atomic E-state index is 13.2. The van der Waals surface area contributed by atoms with Gasteiger partial charge in [0.2, 0.25) is 5.91 Å². The number of ether oxygens (including phenoxy) is 1. The van der Waals surface area contributed by atoms with Gasteiger partial charge in [-0.1, -0.05) is 6.07 Å². The fourth-order valence-electron chi connectivity index (χ4n) is 1.85. The van der Waals surface area contributed by atoms with Gasteiger partial charge in [-0.2, -0.15) is 0 Å². The first-order valence-electron chi connectivity index (χ1n) is 7.58. The van der Waals surface area contributed by atoms with E-state index in [0.717, 1.165) is 5.56 Å². The SMILES string of the molecule is Cc1ccc(F)cc1NC(=O)CCCN(C)C(=O)OC(C)(C)C. The summed E-state index contributed by atoms with van der Waals surface area (Å²) in [5.74, 6) is -0.605. The molecule has 23 heavy (non-hydrogen) atoms. The lowest BCUT2D eigenvalue weighted by Crippen LogP contribution is -2.35. The minimum absolute atomic E-state index is 0.212. The fraction of sp³-hybridized carbons (Fsp3) is 0.529. The molecule has 0 unspecified atom stereocenters. The van der Waals surface area contributed by atoms with E-state index in [1.54, 1.807) is 40.8 Å². The van der Waals surface area contributed by atoms with Crippen molar-refractivity contribution in [2.24, 2.45) is 0 Å². The number of hydrogen-bond acceptors (Lipinski definition) is 3. The maximum absolute atomic E-state index is 13.2. The first-order valence-corrected chi connectivity index (χ1v) is 7.58. The van der Waals surface area contributed by atoms with Crippen molar-refractivity contribution >= 4 is 17.7 Å². The zero-order valence-electron chi connectivity index (χ0n) is 14.4. The van der Waals surface area contributed by atoms with Crippen molar-refractivity contribution in [2.75, 3.05) is 18.9 Å². The summed E-state index contributed by atoms with van der Waals surface area (Å²) in [5, 5.41) is 2.68. The Labute approximate surface area is 136 Å². The molecule has 1 aromatic rings. The number of anilines is 1. The molecule has 0 aromatic heterocycles. The van der Waals surface area contributed by atoms with E-state index in [9.17, 15) is 14.0 Å². The number of carbonyl (C=O) groups excluding carboxylic acids is 2. The monoisotopic (exact) mass is 324 g/mol. The summed E-state index contributed by atoms with van der Waals surface area (Å²) < 4.78 is 18.4. The minimum atomic E-state index is -0.544. The number of aryl methyl sites for hydroxylation is 1. The molecule has 0 atom stereocenters. The molecule has 1 rings (SSSR count). The van der Waals surface area contributed by atoms with Gasteiger partial charge in [0.25, 0.3) is 0 Å². The second kappa shape index (κ2) is 7.94. The second-order valence-corrected chi connectivity index (χ2v) is 6.51. The van der Waals surface area contributed by atoms with E-state index in [-0.39, 0.29) is 12.3 Å². The third kappa shape index (κ3) is 7.13. The van der Waals surface area contributed by atoms with Crippen LogP contribution in [0.15, 0.2) is 18.2 Å². The van der Waals surface area contributed by atoms with Crippen LogP contribution in [-0.4, -0.2) is 36.1 Å². The summed E-state index contributed by atoms with van der Waals surface area (Å²) in [6.45, 7) is 7.60. The molecular formula is C17H25FN2O3. The van der Waals surface area contributed by atoms with E-state index in [2.05, 4.69) is 5.32 Å². The maximum Gasteiger partial charge on any atom is 0.410 e. The van der Waals surface area contributed by atoms with Gasteiger partial charge in [0, 0.05) is 25.7 Å². The molecule has 5 nitrogen and oxygen atoms in total. The highest BCUT2D eigenvalue weighted by Gasteiger charge is 2.19. The molecule has 0 spiro atoms. The molecule has 0 fully saturated rings. The first kappa shape index (κ1) is 18.9. The normalized spacial score (nSPS) is 11.0. The summed E-state index contributed by atoms with van der Waals surface area (Å²) in [6, 6.07) is 4.25. The van der Waals surface area contributed by atoms with Crippen molar-refractivity contribution in [2.45, 2.75) is 46.1 Å². The zero-order chi connectivity index (χ0) is 17.6. The fourth-order valence-corrected chi connectivity index (χ4v) is 1.85. The van der Waals surface area contributed by atoms with Crippen molar-refractivity contribution in [1.29, 1.82) is 0 Å². The Hall–Kier alpha value is -2.11. The quantitative estimate of drug-likeness (QED) is 0.898. The largest absolute Gasteiger partial charge is 0.444 e. The molecule has 0 radical (unpaired) electrons. The third-order valence-electron chi connectivity index (χ3n) is 3.08. The van der Waals surface area contributed by atoms with Crippen molar-refractivity contribution < 1.29 is 18.7 Å². The lowest BCUT2D eigenvalue weighted by Gasteiger charge is -2.24. The summed E-state index contributed by atoms with van der Waals surface area (Å²) in [4.78, 5) is 25.1. The number of benzene rings is 1. The topological polar surface area (TPSA) is 58.6 Å². The number of carbonyl (C=O) groups is 2. The average molecular weight is 324 g/mol. The van der Waals surface area contributed by atoms with Gasteiger partial charge in [0.1, 0.15) is 11.4 Å². The van der Waals surface area contributed by atoms with Crippen LogP contribution < -0.4 is 5.32 Å². The number of amides is 2. The van der Waals surface area contributed by atoms with Crippen LogP contribution in [0, 0.1) is 12.7 Å². The van der Waals surface area contributed by atoms with Crippen molar-refractivity contribution in [3.05, 3.63) is 29.6 Å². The van der Waals surface area contributed by atoms with Crippen LogP contribution in [0.1, 0.15) is 39.2 Å². The molecule has 128 valence electrons. The van der Waals surface area contributed by atoms with Crippen molar-refractivity contribution in [3.63, 3.8) is 0 Å². The molecule has 6 heteroatoms. The zero-order valence-corrected chi connectivity index (χ0v) is 14.4. The summed E-state index contributed by atoms with van der Waals surface area (Å²) >= 11 is 0. The lowest BCUT2D eigenvalue weighted by molar-refractivity contribution is -0.116. The van der Waals surface area contributed by atoms with Crippen molar-refractivity contribution in [3.8, 4) is 0 Å². The molecule has 0 bridgehead atoms. The van der Waals surface area contributed by atoms with Gasteiger partial charge in [-0.3, -0.25) is 4.79 Å². The Bertz CT molecular complexity index is 567. The van der Waals surface area contributed by atoms with E-state index in [1.165, 1.54) is 17.0 Å². The molecule has 0 saturated carbocycles. The average Bonchev–Trinajstić information content (AvgIpc) is 2.40. The van der Waals surface area contributed by atoms with Crippen molar-refractivity contribution in [1.82, 2.24) is 4.90 Å². The number of nitrogens with zero attached hydrogens (tertiary/aromatic N) is 1. The highest BCUT2D eigenvalue weighted by molar-refractivity contribution is 5.91. The molecule has 2 amide bonds. The number of hydrogen-bond donors (Lipinski definition) is 1. The Balaban J connectivity index is 2.39. The van der Waals surface area contributed by atoms with E-state index in [4.69, 9.17) is 4.74 Å². The molecular weight excluding hydrogens is 299 g/mol. The lowest BCUT2D eigenvalue weighted by atomic mass is 10.2. The Morgan fingerprint density at radius 2 is 1.96 bits per heavy atom. The van der Waals surface area contributed by atoms with E-state index in [0.29, 0.717) is 18.7 Å². The van der Waals surface area contributed by atoms with Crippen LogP contribution in [0.25, 0.3) is 0 Å². The summed E-state index contributed by atoms with van der Waals surface area (Å²) in [5.41, 5.74) is 0.721. The number of nitrogens with one attached hydrogen (secondary N) is 1. The number of rotatable bonds is 5. The van der Waals surface area contributed by atoms with E-state index < -0.39 is 17.5 Å². The highest BCUT2D eigenvalue weighted by Crippen LogP contribution is 2.16. The predicted molar refractivity (Wildman–Crippen MR) is 87.9 cm³/mol. The first-order chi connectivity index (χ1) is 10.6. The minimum Gasteiger partial charge on any atom is -0.444 e. The van der Waals surface area contributed by atoms with Gasteiger partial charge in [-0.25, -0.2) is 9.18 Å². The summed E-state index contributed by atoms with van der Waals surface area (Å²) in [6.07, 6.45) is 0.317. The Kier molecular flexibility index (Phi) is 6.54. The van der Waals surface area contributed by atoms with Gasteiger partial charge >= 0.3 is 6.09 Å². The third-order valence-corrected chi connectivity index (χ3v) is 3.08. The Morgan fingerprint density at radius 3 is 2.57 bits per heavy atom. The molecule has 0 aliphatic heterocycles. The standard InChI is InChI=1S/C17H25FN2O3/c1-12-8-9-13(18)11-14(12)19-15(21)7-6-10-20(5)16(22)23-17(2,3)4/h8-9,11H,6-7,10H2,1-5H3,(H,19,21). The molecule has 1 N–H and O–H groups in total. The van der Waals surface area contributed by atoms with E-state index in [1.807, 2.05) is 0 Å². The van der Waals surface area contributed by atoms with Crippen LogP contribution in [0.3, 0.4) is 0 Å². The Morgan fingerprint density at radius 1 is 1.30 bits per heavy atom. The smallest absolute Gasteiger partial charge is 0.410 e. The molecule has 0 heterocycles. The molecule has 1 aromatic carbocycles. The van der Waals surface area contributed by atoms with Crippen LogP contribution >= 0.6 is 0 Å². The van der Waals surface area contributed by atoms with Gasteiger partial charge in [0.05, 0.1) is 0 Å². The van der Waals surface area contributed by atoms with Crippen LogP contribution in [0.5, 0.6) is 0 Å². The van der Waals surface area contributed by atoms with Crippen LogP contribution in [-0.2, 0) is 9.53 Å². The highest BCUT2D eigenvalue weighted by atomic mass is 19.1. The summed E-state index contributed by atoms with van der Waals surface area (Å²) in [7, 11) is 1.63. The van der Waals surface area contributed by atoms with Crippen LogP contribution in [0.2, 0.25) is 0 Å². The molecule has 0 saturated heterocycles. The molecule has 0 aliphatic carbocycles. The predicted octanol–water partition coefficient (Wildman–Crippen LogP) is 3.72. The van der Waals surface area contributed by atoms with Gasteiger partial charge < -0.3 is 15.0 Å². The van der Waals surface area contributed by atoms with Crippen LogP contribution in [0.4, 0.5) is 14.9 Å². The molecule has 0 aliphatic rings. The van der Waals surface area contributed by atoms with Gasteiger partial charge in [0.15, 0.2) is 0 Å².